The van der Waals surface area contributed by atoms with E-state index in [0.29, 0.717) is 10.0 Å². The fourth-order valence-corrected chi connectivity index (χ4v) is 1.46. The molecule has 2 N–H and O–H groups in total. The fraction of sp³-hybridized carbons (Fsp3) is 0.222. The van der Waals surface area contributed by atoms with E-state index in [9.17, 15) is 0 Å². The number of benzene rings is 1. The van der Waals surface area contributed by atoms with Crippen molar-refractivity contribution in [3.63, 3.8) is 0 Å². The third-order valence-corrected chi connectivity index (χ3v) is 2.53. The molecule has 0 radical (unpaired) electrons. The van der Waals surface area contributed by atoms with Crippen LogP contribution in [0.2, 0.25) is 10.0 Å². The molecular formula is C9H8Cl2N2. The Hall–Kier alpha value is -0.750. The van der Waals surface area contributed by atoms with Gasteiger partial charge in [0, 0.05) is 6.04 Å². The maximum atomic E-state index is 8.45. The predicted octanol–water partition coefficient (Wildman–Crippen LogP) is 2.91. The number of nitrogens with zero attached hydrogens (tertiary/aromatic N) is 1. The molecule has 1 aromatic carbocycles. The minimum atomic E-state index is -0.365. The largest absolute Gasteiger partial charge is 0.323 e. The first-order valence-electron chi connectivity index (χ1n) is 3.73. The molecule has 0 aliphatic rings. The second-order valence-corrected chi connectivity index (χ2v) is 3.40. The molecule has 4 heteroatoms. The van der Waals surface area contributed by atoms with E-state index >= 15 is 0 Å². The van der Waals surface area contributed by atoms with Crippen molar-refractivity contribution in [1.82, 2.24) is 0 Å². The van der Waals surface area contributed by atoms with Gasteiger partial charge in [-0.3, -0.25) is 0 Å². The molecule has 1 atom stereocenters. The van der Waals surface area contributed by atoms with Crippen molar-refractivity contribution < 1.29 is 0 Å². The monoisotopic (exact) mass is 214 g/mol. The predicted molar refractivity (Wildman–Crippen MR) is 53.6 cm³/mol. The summed E-state index contributed by atoms with van der Waals surface area (Å²) in [6, 6.07) is 6.85. The molecule has 0 heterocycles. The molecule has 2 nitrogen and oxygen atoms in total. The Morgan fingerprint density at radius 1 is 1.46 bits per heavy atom. The van der Waals surface area contributed by atoms with Crippen LogP contribution in [0.4, 0.5) is 0 Å². The lowest BCUT2D eigenvalue weighted by Gasteiger charge is -2.10. The number of hydrogen-bond donors (Lipinski definition) is 1. The SMILES string of the molecule is N#CC[C@@H](N)c1cccc(Cl)c1Cl. The van der Waals surface area contributed by atoms with Crippen LogP contribution in [0.5, 0.6) is 0 Å². The van der Waals surface area contributed by atoms with Crippen LogP contribution >= 0.6 is 23.2 Å². The molecule has 0 unspecified atom stereocenters. The first-order chi connectivity index (χ1) is 6.16. The molecule has 13 heavy (non-hydrogen) atoms. The van der Waals surface area contributed by atoms with Crippen LogP contribution in [0.1, 0.15) is 18.0 Å². The van der Waals surface area contributed by atoms with E-state index in [2.05, 4.69) is 0 Å². The molecule has 0 amide bonds. The number of nitriles is 1. The molecule has 0 aliphatic carbocycles. The summed E-state index contributed by atoms with van der Waals surface area (Å²) in [6.07, 6.45) is 0.236. The first-order valence-corrected chi connectivity index (χ1v) is 4.49. The minimum absolute atomic E-state index is 0.236. The van der Waals surface area contributed by atoms with E-state index in [-0.39, 0.29) is 12.5 Å². The van der Waals surface area contributed by atoms with E-state index in [0.717, 1.165) is 5.56 Å². The van der Waals surface area contributed by atoms with Gasteiger partial charge in [0.1, 0.15) is 0 Å². The minimum Gasteiger partial charge on any atom is -0.323 e. The number of halogens is 2. The first kappa shape index (κ1) is 10.3. The molecule has 0 fully saturated rings. The topological polar surface area (TPSA) is 49.8 Å². The Bertz CT molecular complexity index is 344. The number of rotatable bonds is 2. The highest BCUT2D eigenvalue weighted by molar-refractivity contribution is 6.42. The van der Waals surface area contributed by atoms with E-state index in [1.165, 1.54) is 0 Å². The van der Waals surface area contributed by atoms with Crippen LogP contribution in [0.25, 0.3) is 0 Å². The quantitative estimate of drug-likeness (QED) is 0.824. The van der Waals surface area contributed by atoms with Crippen molar-refractivity contribution >= 4 is 23.2 Å². The lowest BCUT2D eigenvalue weighted by molar-refractivity contribution is 0.749. The van der Waals surface area contributed by atoms with E-state index in [4.69, 9.17) is 34.2 Å². The second kappa shape index (κ2) is 4.48. The molecule has 1 rings (SSSR count). The van der Waals surface area contributed by atoms with Gasteiger partial charge in [-0.05, 0) is 11.6 Å². The smallest absolute Gasteiger partial charge is 0.0641 e. The van der Waals surface area contributed by atoms with Gasteiger partial charge >= 0.3 is 0 Å². The summed E-state index contributed by atoms with van der Waals surface area (Å²) in [5.74, 6) is 0. The van der Waals surface area contributed by atoms with Crippen LogP contribution in [0.15, 0.2) is 18.2 Å². The molecule has 68 valence electrons. The Balaban J connectivity index is 3.02. The summed E-state index contributed by atoms with van der Waals surface area (Å²) < 4.78 is 0. The highest BCUT2D eigenvalue weighted by Gasteiger charge is 2.11. The Morgan fingerprint density at radius 2 is 2.15 bits per heavy atom. The Morgan fingerprint density at radius 3 is 2.77 bits per heavy atom. The second-order valence-electron chi connectivity index (χ2n) is 2.61. The van der Waals surface area contributed by atoms with Gasteiger partial charge in [0.05, 0.1) is 22.5 Å². The zero-order chi connectivity index (χ0) is 9.84. The van der Waals surface area contributed by atoms with Crippen molar-refractivity contribution in [3.8, 4) is 6.07 Å². The summed E-state index contributed by atoms with van der Waals surface area (Å²) >= 11 is 11.7. The average Bonchev–Trinajstić information content (AvgIpc) is 2.10. The molecule has 0 aromatic heterocycles. The van der Waals surface area contributed by atoms with Crippen molar-refractivity contribution in [2.24, 2.45) is 5.73 Å². The average molecular weight is 215 g/mol. The van der Waals surface area contributed by atoms with E-state index < -0.39 is 0 Å². The van der Waals surface area contributed by atoms with Gasteiger partial charge in [0.25, 0.3) is 0 Å². The van der Waals surface area contributed by atoms with Crippen LogP contribution in [0.3, 0.4) is 0 Å². The summed E-state index contributed by atoms with van der Waals surface area (Å²) in [5.41, 5.74) is 6.43. The normalized spacial score (nSPS) is 12.2. The van der Waals surface area contributed by atoms with Crippen molar-refractivity contribution in [1.29, 1.82) is 5.26 Å². The fourth-order valence-electron chi connectivity index (χ4n) is 1.02. The van der Waals surface area contributed by atoms with Crippen LogP contribution in [-0.4, -0.2) is 0 Å². The Kier molecular flexibility index (Phi) is 3.56. The molecule has 1 aromatic rings. The maximum absolute atomic E-state index is 8.45. The zero-order valence-electron chi connectivity index (χ0n) is 6.80. The van der Waals surface area contributed by atoms with Crippen LogP contribution in [0, 0.1) is 11.3 Å². The lowest BCUT2D eigenvalue weighted by atomic mass is 10.1. The summed E-state index contributed by atoms with van der Waals surface area (Å²) in [7, 11) is 0. The summed E-state index contributed by atoms with van der Waals surface area (Å²) in [6.45, 7) is 0. The van der Waals surface area contributed by atoms with Gasteiger partial charge in [0.15, 0.2) is 0 Å². The third-order valence-electron chi connectivity index (χ3n) is 1.69. The van der Waals surface area contributed by atoms with Gasteiger partial charge in [-0.1, -0.05) is 35.3 Å². The van der Waals surface area contributed by atoms with Crippen molar-refractivity contribution in [3.05, 3.63) is 33.8 Å². The lowest BCUT2D eigenvalue weighted by Crippen LogP contribution is -2.09. The van der Waals surface area contributed by atoms with Gasteiger partial charge in [-0.25, -0.2) is 0 Å². The number of nitrogens with two attached hydrogens (primary N) is 1. The standard InChI is InChI=1S/C9H8Cl2N2/c10-7-3-1-2-6(9(7)11)8(13)4-5-12/h1-3,8H,4,13H2/t8-/m1/s1. The highest BCUT2D eigenvalue weighted by Crippen LogP contribution is 2.29. The molecule has 0 saturated carbocycles. The molecule has 0 aliphatic heterocycles. The van der Waals surface area contributed by atoms with Gasteiger partial charge < -0.3 is 5.73 Å². The van der Waals surface area contributed by atoms with Gasteiger partial charge in [-0.15, -0.1) is 0 Å². The zero-order valence-corrected chi connectivity index (χ0v) is 8.31. The summed E-state index contributed by atoms with van der Waals surface area (Å²) in [4.78, 5) is 0. The molecule has 0 spiro atoms. The molecule has 0 bridgehead atoms. The summed E-state index contributed by atoms with van der Waals surface area (Å²) in [5, 5.41) is 9.35. The van der Waals surface area contributed by atoms with Gasteiger partial charge in [-0.2, -0.15) is 5.26 Å². The van der Waals surface area contributed by atoms with Crippen molar-refractivity contribution in [2.45, 2.75) is 12.5 Å². The highest BCUT2D eigenvalue weighted by atomic mass is 35.5. The van der Waals surface area contributed by atoms with Crippen LogP contribution < -0.4 is 5.73 Å². The maximum Gasteiger partial charge on any atom is 0.0641 e. The van der Waals surface area contributed by atoms with Gasteiger partial charge in [0.2, 0.25) is 0 Å². The molecular weight excluding hydrogens is 207 g/mol. The van der Waals surface area contributed by atoms with E-state index in [1.54, 1.807) is 18.2 Å². The van der Waals surface area contributed by atoms with E-state index in [1.807, 2.05) is 6.07 Å². The molecule has 0 saturated heterocycles. The van der Waals surface area contributed by atoms with Crippen LogP contribution in [-0.2, 0) is 0 Å². The third kappa shape index (κ3) is 2.35. The Labute approximate surface area is 86.9 Å². The number of hydrogen-bond acceptors (Lipinski definition) is 2. The van der Waals surface area contributed by atoms with Crippen molar-refractivity contribution in [2.75, 3.05) is 0 Å².